The van der Waals surface area contributed by atoms with Crippen molar-refractivity contribution < 1.29 is 13.2 Å². The molecule has 2 aromatic rings. The minimum Gasteiger partial charge on any atom is -0.495 e. The number of hydrogen-bond donors (Lipinski definition) is 1. The van der Waals surface area contributed by atoms with Gasteiger partial charge < -0.3 is 4.74 Å². The predicted molar refractivity (Wildman–Crippen MR) is 76.8 cm³/mol. The van der Waals surface area contributed by atoms with Crippen LogP contribution < -0.4 is 9.46 Å². The van der Waals surface area contributed by atoms with Gasteiger partial charge in [-0.05, 0) is 25.1 Å². The Kier molecular flexibility index (Phi) is 3.92. The maximum absolute atomic E-state index is 12.4. The smallest absolute Gasteiger partial charge is 0.265 e. The zero-order valence-electron chi connectivity index (χ0n) is 11.2. The van der Waals surface area contributed by atoms with E-state index in [4.69, 9.17) is 16.3 Å². The molecule has 6 nitrogen and oxygen atoms in total. The first-order chi connectivity index (χ1) is 9.35. The number of ether oxygens (including phenoxy) is 1. The summed E-state index contributed by atoms with van der Waals surface area (Å²) in [5.74, 6) is 0.388. The summed E-state index contributed by atoms with van der Waals surface area (Å²) < 4.78 is 33.8. The molecule has 0 saturated heterocycles. The monoisotopic (exact) mass is 315 g/mol. The van der Waals surface area contributed by atoms with Gasteiger partial charge in [-0.3, -0.25) is 9.40 Å². The number of methoxy groups -OCH3 is 1. The van der Waals surface area contributed by atoms with Crippen LogP contribution in [0.2, 0.25) is 5.02 Å². The van der Waals surface area contributed by atoms with Crippen molar-refractivity contribution >= 4 is 27.3 Å². The largest absolute Gasteiger partial charge is 0.495 e. The molecule has 0 aliphatic rings. The van der Waals surface area contributed by atoms with Gasteiger partial charge in [0.2, 0.25) is 0 Å². The van der Waals surface area contributed by atoms with Crippen molar-refractivity contribution in [3.8, 4) is 5.75 Å². The van der Waals surface area contributed by atoms with Gasteiger partial charge in [-0.1, -0.05) is 11.6 Å². The number of aromatic nitrogens is 2. The molecular formula is C12H14ClN3O3S. The van der Waals surface area contributed by atoms with Crippen molar-refractivity contribution in [3.63, 3.8) is 0 Å². The highest BCUT2D eigenvalue weighted by atomic mass is 35.5. The summed E-state index contributed by atoms with van der Waals surface area (Å²) in [5.41, 5.74) is 0.821. The van der Waals surface area contributed by atoms with Crippen molar-refractivity contribution in [1.29, 1.82) is 0 Å². The molecule has 1 heterocycles. The molecule has 20 heavy (non-hydrogen) atoms. The number of hydrogen-bond acceptors (Lipinski definition) is 4. The van der Waals surface area contributed by atoms with Crippen molar-refractivity contribution in [1.82, 2.24) is 9.78 Å². The molecule has 108 valence electrons. The molecule has 0 aliphatic heterocycles. The number of rotatable bonds is 4. The van der Waals surface area contributed by atoms with Crippen LogP contribution in [0.4, 0.5) is 5.69 Å². The Morgan fingerprint density at radius 1 is 1.40 bits per heavy atom. The quantitative estimate of drug-likeness (QED) is 0.938. The minimum absolute atomic E-state index is 0.113. The van der Waals surface area contributed by atoms with E-state index in [2.05, 4.69) is 9.82 Å². The summed E-state index contributed by atoms with van der Waals surface area (Å²) in [5, 5.41) is 4.33. The summed E-state index contributed by atoms with van der Waals surface area (Å²) in [7, 11) is -0.615. The molecule has 2 rings (SSSR count). The second-order valence-electron chi connectivity index (χ2n) is 4.17. The van der Waals surface area contributed by atoms with Gasteiger partial charge in [0.05, 0.1) is 24.7 Å². The Labute approximate surface area is 122 Å². The average Bonchev–Trinajstić information content (AvgIpc) is 2.70. The second-order valence-corrected chi connectivity index (χ2v) is 6.26. The zero-order chi connectivity index (χ0) is 14.9. The van der Waals surface area contributed by atoms with Crippen LogP contribution in [0.3, 0.4) is 0 Å². The molecule has 1 aromatic carbocycles. The Bertz CT molecular complexity index is 740. The van der Waals surface area contributed by atoms with E-state index in [1.54, 1.807) is 26.1 Å². The number of benzene rings is 1. The van der Waals surface area contributed by atoms with Crippen LogP contribution in [0.25, 0.3) is 0 Å². The van der Waals surface area contributed by atoms with Crippen LogP contribution in [-0.2, 0) is 17.1 Å². The molecule has 0 saturated carbocycles. The second kappa shape index (κ2) is 5.34. The summed E-state index contributed by atoms with van der Waals surface area (Å²) in [6.45, 7) is 1.68. The van der Waals surface area contributed by atoms with Crippen LogP contribution in [0.1, 0.15) is 5.69 Å². The van der Waals surface area contributed by atoms with Gasteiger partial charge in [-0.25, -0.2) is 8.42 Å². The first-order valence-corrected chi connectivity index (χ1v) is 7.56. The number of nitrogens with one attached hydrogen (secondary N) is 1. The summed E-state index contributed by atoms with van der Waals surface area (Å²) in [6.07, 6.45) is 1.30. The molecule has 0 atom stereocenters. The van der Waals surface area contributed by atoms with Gasteiger partial charge in [0.15, 0.2) is 0 Å². The number of aryl methyl sites for hydroxylation is 1. The third-order valence-corrected chi connectivity index (χ3v) is 4.59. The lowest BCUT2D eigenvalue weighted by Crippen LogP contribution is -2.14. The topological polar surface area (TPSA) is 73.2 Å². The van der Waals surface area contributed by atoms with Crippen molar-refractivity contribution in [2.45, 2.75) is 11.8 Å². The molecule has 0 unspecified atom stereocenters. The molecule has 0 aliphatic carbocycles. The van der Waals surface area contributed by atoms with Gasteiger partial charge in [0.25, 0.3) is 10.0 Å². The fraction of sp³-hybridized carbons (Fsp3) is 0.250. The molecule has 1 aromatic heterocycles. The number of nitrogens with zero attached hydrogens (tertiary/aromatic N) is 2. The Morgan fingerprint density at radius 3 is 2.65 bits per heavy atom. The summed E-state index contributed by atoms with van der Waals surface area (Å²) >= 11 is 5.88. The van der Waals surface area contributed by atoms with Gasteiger partial charge in [-0.2, -0.15) is 5.10 Å². The third kappa shape index (κ3) is 2.73. The van der Waals surface area contributed by atoms with Crippen molar-refractivity contribution in [3.05, 3.63) is 35.1 Å². The Balaban J connectivity index is 2.43. The van der Waals surface area contributed by atoms with Gasteiger partial charge in [0, 0.05) is 12.1 Å². The van der Waals surface area contributed by atoms with Gasteiger partial charge >= 0.3 is 0 Å². The maximum Gasteiger partial charge on any atom is 0.265 e. The fourth-order valence-electron chi connectivity index (χ4n) is 1.70. The Morgan fingerprint density at radius 2 is 2.10 bits per heavy atom. The normalized spacial score (nSPS) is 11.4. The summed E-state index contributed by atoms with van der Waals surface area (Å²) in [4.78, 5) is 0.113. The lowest BCUT2D eigenvalue weighted by molar-refractivity contribution is 0.417. The predicted octanol–water partition coefficient (Wildman–Crippen LogP) is 2.19. The number of sulfonamides is 1. The summed E-state index contributed by atoms with van der Waals surface area (Å²) in [6, 6.07) is 4.70. The van der Waals surface area contributed by atoms with Crippen molar-refractivity contribution in [2.24, 2.45) is 7.05 Å². The SMILES string of the molecule is COc1ccc(Cl)cc1NS(=O)(=O)c1cnn(C)c1C. The highest BCUT2D eigenvalue weighted by Crippen LogP contribution is 2.30. The maximum atomic E-state index is 12.4. The van der Waals surface area contributed by atoms with Crippen molar-refractivity contribution in [2.75, 3.05) is 11.8 Å². The molecule has 1 N–H and O–H groups in total. The molecule has 0 spiro atoms. The lowest BCUT2D eigenvalue weighted by Gasteiger charge is -2.11. The van der Waals surface area contributed by atoms with Gasteiger partial charge in [0.1, 0.15) is 10.6 Å². The number of anilines is 1. The molecule has 0 amide bonds. The molecular weight excluding hydrogens is 302 g/mol. The molecule has 0 radical (unpaired) electrons. The lowest BCUT2D eigenvalue weighted by atomic mass is 10.3. The molecule has 0 bridgehead atoms. The zero-order valence-corrected chi connectivity index (χ0v) is 12.8. The first kappa shape index (κ1) is 14.7. The van der Waals surface area contributed by atoms with E-state index in [-0.39, 0.29) is 10.6 Å². The van der Waals surface area contributed by atoms with Crippen LogP contribution >= 0.6 is 11.6 Å². The van der Waals surface area contributed by atoms with E-state index in [0.717, 1.165) is 0 Å². The highest BCUT2D eigenvalue weighted by Gasteiger charge is 2.21. The van der Waals surface area contributed by atoms with E-state index in [1.165, 1.54) is 24.1 Å². The van der Waals surface area contributed by atoms with Crippen LogP contribution in [0, 0.1) is 6.92 Å². The first-order valence-electron chi connectivity index (χ1n) is 5.70. The highest BCUT2D eigenvalue weighted by molar-refractivity contribution is 7.92. The van der Waals surface area contributed by atoms with E-state index in [1.807, 2.05) is 0 Å². The van der Waals surface area contributed by atoms with E-state index >= 15 is 0 Å². The van der Waals surface area contributed by atoms with E-state index < -0.39 is 10.0 Å². The van der Waals surface area contributed by atoms with E-state index in [9.17, 15) is 8.42 Å². The average molecular weight is 316 g/mol. The number of halogens is 1. The standard InChI is InChI=1S/C12H14ClN3O3S/c1-8-12(7-14-16(8)2)20(17,18)15-10-6-9(13)4-5-11(10)19-3/h4-7,15H,1-3H3. The minimum atomic E-state index is -3.74. The van der Waals surface area contributed by atoms with E-state index in [0.29, 0.717) is 16.5 Å². The molecule has 0 fully saturated rings. The fourth-order valence-corrected chi connectivity index (χ4v) is 3.14. The molecule has 8 heteroatoms. The van der Waals surface area contributed by atoms with Gasteiger partial charge in [-0.15, -0.1) is 0 Å². The Hall–Kier alpha value is -1.73. The van der Waals surface area contributed by atoms with Crippen LogP contribution in [0.15, 0.2) is 29.3 Å². The third-order valence-electron chi connectivity index (χ3n) is 2.89. The van der Waals surface area contributed by atoms with Crippen LogP contribution in [0.5, 0.6) is 5.75 Å². The van der Waals surface area contributed by atoms with Crippen LogP contribution in [-0.4, -0.2) is 25.3 Å².